The van der Waals surface area contributed by atoms with Crippen LogP contribution in [0.4, 0.5) is 5.69 Å². The summed E-state index contributed by atoms with van der Waals surface area (Å²) in [4.78, 5) is 8.63. The summed E-state index contributed by atoms with van der Waals surface area (Å²) in [5.41, 5.74) is 8.82. The maximum absolute atomic E-state index is 11.4. The van der Waals surface area contributed by atoms with Gasteiger partial charge in [-0.1, -0.05) is 103 Å². The summed E-state index contributed by atoms with van der Waals surface area (Å²) in [6.07, 6.45) is 0. The Morgan fingerprint density at radius 2 is 1.31 bits per heavy atom. The zero-order chi connectivity index (χ0) is 26.0. The van der Waals surface area contributed by atoms with E-state index < -0.39 is 0 Å². The van der Waals surface area contributed by atoms with E-state index in [1.54, 1.807) is 0 Å². The van der Waals surface area contributed by atoms with Crippen LogP contribution in [0.1, 0.15) is 77.0 Å². The number of para-hydroxylation sites is 1. The van der Waals surface area contributed by atoms with E-state index in [9.17, 15) is 5.11 Å². The van der Waals surface area contributed by atoms with Crippen LogP contribution in [-0.4, -0.2) is 10.1 Å². The van der Waals surface area contributed by atoms with E-state index in [0.29, 0.717) is 11.8 Å². The number of phenolic OH excluding ortho intramolecular Hbond substituents is 1. The lowest BCUT2D eigenvalue weighted by Gasteiger charge is -2.23. The van der Waals surface area contributed by atoms with Crippen LogP contribution in [0.15, 0.2) is 83.9 Å². The summed E-state index contributed by atoms with van der Waals surface area (Å²) in [6.45, 7) is 15.4. The number of aromatic amines is 1. The highest BCUT2D eigenvalue weighted by atomic mass is 16.3. The number of nitrogens with zero attached hydrogens (tertiary/aromatic N) is 1. The molecule has 3 heteroatoms. The average Bonchev–Trinajstić information content (AvgIpc) is 2.84. The molecule has 4 aromatic rings. The van der Waals surface area contributed by atoms with Gasteiger partial charge in [-0.15, -0.1) is 0 Å². The van der Waals surface area contributed by atoms with Gasteiger partial charge in [0.15, 0.2) is 0 Å². The standard InChI is InChI=1S/C33H38N2O/c1-21(2)25-15-11-16-26(22(3)4)31(25)35-30-18-12-17-29(34-30)28-20-24(33(5,6)7)19-27(32(28)36)23-13-9-8-10-14-23/h8-22,36H,1-7H3,(H,34,35). The number of nitrogens with one attached hydrogen (secondary N) is 1. The lowest BCUT2D eigenvalue weighted by Crippen LogP contribution is -2.12. The van der Waals surface area contributed by atoms with Gasteiger partial charge in [0.1, 0.15) is 11.2 Å². The first-order valence-electron chi connectivity index (χ1n) is 12.9. The largest absolute Gasteiger partial charge is 0.507 e. The van der Waals surface area contributed by atoms with Crippen molar-refractivity contribution in [2.75, 3.05) is 0 Å². The quantitative estimate of drug-likeness (QED) is 0.296. The maximum Gasteiger partial charge on any atom is 0.132 e. The van der Waals surface area contributed by atoms with Gasteiger partial charge >= 0.3 is 0 Å². The van der Waals surface area contributed by atoms with E-state index in [1.807, 2.05) is 48.5 Å². The molecule has 1 heterocycles. The molecule has 0 saturated carbocycles. The first kappa shape index (κ1) is 25.5. The third-order valence-electron chi connectivity index (χ3n) is 6.71. The molecular formula is C33H38N2O. The van der Waals surface area contributed by atoms with Gasteiger partial charge in [0.25, 0.3) is 0 Å². The first-order chi connectivity index (χ1) is 17.1. The monoisotopic (exact) mass is 478 g/mol. The first-order valence-corrected chi connectivity index (χ1v) is 12.9. The fraction of sp³-hybridized carbons (Fsp3) is 0.303. The fourth-order valence-electron chi connectivity index (χ4n) is 4.55. The van der Waals surface area contributed by atoms with Gasteiger partial charge in [-0.2, -0.15) is 0 Å². The molecule has 0 spiro atoms. The molecule has 0 bridgehead atoms. The number of pyridine rings is 1. The van der Waals surface area contributed by atoms with Crippen LogP contribution in [0, 0.1) is 0 Å². The van der Waals surface area contributed by atoms with Crippen LogP contribution in [0.3, 0.4) is 0 Å². The van der Waals surface area contributed by atoms with Crippen LogP contribution in [-0.2, 0) is 5.41 Å². The predicted octanol–water partition coefficient (Wildman–Crippen LogP) is 8.83. The second kappa shape index (κ2) is 10.2. The Hall–Kier alpha value is -3.59. The Labute approximate surface area is 215 Å². The van der Waals surface area contributed by atoms with Crippen LogP contribution in [0.2, 0.25) is 0 Å². The molecule has 0 atom stereocenters. The molecule has 0 amide bonds. The minimum Gasteiger partial charge on any atom is -0.507 e. The average molecular weight is 479 g/mol. The lowest BCUT2D eigenvalue weighted by molar-refractivity contribution is 0.478. The number of H-pyrrole nitrogens is 1. The molecule has 0 radical (unpaired) electrons. The zero-order valence-electron chi connectivity index (χ0n) is 22.6. The second-order valence-electron chi connectivity index (χ2n) is 11.2. The zero-order valence-corrected chi connectivity index (χ0v) is 22.6. The van der Waals surface area contributed by atoms with Gasteiger partial charge in [-0.3, -0.25) is 0 Å². The van der Waals surface area contributed by atoms with Gasteiger partial charge in [-0.25, -0.2) is 4.99 Å². The van der Waals surface area contributed by atoms with E-state index in [-0.39, 0.29) is 11.2 Å². The normalized spacial score (nSPS) is 12.5. The van der Waals surface area contributed by atoms with Crippen molar-refractivity contribution in [3.8, 4) is 28.1 Å². The van der Waals surface area contributed by atoms with E-state index in [0.717, 1.165) is 39.1 Å². The molecule has 2 N–H and O–H groups in total. The topological polar surface area (TPSA) is 48.4 Å². The molecule has 0 aliphatic heterocycles. The molecule has 1 aromatic heterocycles. The molecule has 186 valence electrons. The molecule has 36 heavy (non-hydrogen) atoms. The molecule has 0 aliphatic rings. The fourth-order valence-corrected chi connectivity index (χ4v) is 4.55. The van der Waals surface area contributed by atoms with Gasteiger partial charge in [0.2, 0.25) is 0 Å². The van der Waals surface area contributed by atoms with Crippen molar-refractivity contribution in [2.24, 2.45) is 4.99 Å². The molecular weight excluding hydrogens is 440 g/mol. The van der Waals surface area contributed by atoms with Gasteiger partial charge < -0.3 is 10.1 Å². The summed E-state index contributed by atoms with van der Waals surface area (Å²) in [5.74, 6) is 1.01. The number of hydrogen-bond donors (Lipinski definition) is 2. The van der Waals surface area contributed by atoms with Gasteiger partial charge in [-0.05, 0) is 63.8 Å². The second-order valence-corrected chi connectivity index (χ2v) is 11.2. The van der Waals surface area contributed by atoms with Crippen molar-refractivity contribution in [1.82, 2.24) is 4.98 Å². The minimum atomic E-state index is -0.0731. The van der Waals surface area contributed by atoms with Crippen LogP contribution in [0.25, 0.3) is 22.4 Å². The number of phenols is 1. The van der Waals surface area contributed by atoms with E-state index in [4.69, 9.17) is 4.99 Å². The Bertz CT molecular complexity index is 1390. The SMILES string of the molecule is CC(C)c1cccc(C(C)C)c1N=c1cccc(-c2cc(C(C)(C)C)cc(-c3ccccc3)c2O)[nH]1. The highest BCUT2D eigenvalue weighted by molar-refractivity contribution is 5.82. The highest BCUT2D eigenvalue weighted by Crippen LogP contribution is 2.41. The molecule has 4 rings (SSSR count). The summed E-state index contributed by atoms with van der Waals surface area (Å²) < 4.78 is 0. The molecule has 0 aliphatic carbocycles. The summed E-state index contributed by atoms with van der Waals surface area (Å²) >= 11 is 0. The third kappa shape index (κ3) is 5.31. The Kier molecular flexibility index (Phi) is 7.21. The van der Waals surface area contributed by atoms with Gasteiger partial charge in [0.05, 0.1) is 11.4 Å². The van der Waals surface area contributed by atoms with Gasteiger partial charge in [0, 0.05) is 11.1 Å². The number of aromatic hydroxyl groups is 1. The third-order valence-corrected chi connectivity index (χ3v) is 6.71. The summed E-state index contributed by atoms with van der Waals surface area (Å²) in [5, 5.41) is 11.4. The van der Waals surface area contributed by atoms with Crippen LogP contribution < -0.4 is 5.49 Å². The Morgan fingerprint density at radius 3 is 1.89 bits per heavy atom. The molecule has 0 fully saturated rings. The van der Waals surface area contributed by atoms with Crippen molar-refractivity contribution in [3.05, 3.63) is 101 Å². The molecule has 3 nitrogen and oxygen atoms in total. The van der Waals surface area contributed by atoms with E-state index in [2.05, 4.69) is 83.8 Å². The van der Waals surface area contributed by atoms with Crippen molar-refractivity contribution in [2.45, 2.75) is 65.7 Å². The predicted molar refractivity (Wildman–Crippen MR) is 152 cm³/mol. The number of aromatic nitrogens is 1. The molecule has 3 aromatic carbocycles. The van der Waals surface area contributed by atoms with Crippen LogP contribution in [0.5, 0.6) is 5.75 Å². The maximum atomic E-state index is 11.4. The van der Waals surface area contributed by atoms with Crippen molar-refractivity contribution in [1.29, 1.82) is 0 Å². The summed E-state index contributed by atoms with van der Waals surface area (Å²) in [6, 6.07) is 26.8. The van der Waals surface area contributed by atoms with E-state index in [1.165, 1.54) is 11.1 Å². The highest BCUT2D eigenvalue weighted by Gasteiger charge is 2.21. The van der Waals surface area contributed by atoms with Crippen molar-refractivity contribution < 1.29 is 5.11 Å². The lowest BCUT2D eigenvalue weighted by atomic mass is 9.83. The summed E-state index contributed by atoms with van der Waals surface area (Å²) in [7, 11) is 0. The Balaban J connectivity index is 1.94. The van der Waals surface area contributed by atoms with Crippen LogP contribution >= 0.6 is 0 Å². The minimum absolute atomic E-state index is 0.0731. The smallest absolute Gasteiger partial charge is 0.132 e. The number of rotatable bonds is 5. The number of hydrogen-bond acceptors (Lipinski definition) is 2. The van der Waals surface area contributed by atoms with Crippen molar-refractivity contribution >= 4 is 5.69 Å². The molecule has 0 saturated heterocycles. The Morgan fingerprint density at radius 1 is 0.722 bits per heavy atom. The van der Waals surface area contributed by atoms with E-state index >= 15 is 0 Å². The van der Waals surface area contributed by atoms with Crippen molar-refractivity contribution in [3.63, 3.8) is 0 Å². The molecule has 0 unspecified atom stereocenters. The number of benzene rings is 3.